The van der Waals surface area contributed by atoms with Crippen LogP contribution in [-0.4, -0.2) is 23.6 Å². The number of amides is 1. The van der Waals surface area contributed by atoms with E-state index in [4.69, 9.17) is 5.11 Å². The molecule has 4 nitrogen and oxygen atoms in total. The zero-order valence-corrected chi connectivity index (χ0v) is 10.1. The summed E-state index contributed by atoms with van der Waals surface area (Å²) in [5.74, 6) is -1.30. The van der Waals surface area contributed by atoms with Gasteiger partial charge in [0.1, 0.15) is 0 Å². The maximum Gasteiger partial charge on any atom is 0.241 e. The maximum absolute atomic E-state index is 13.1. The number of aromatic hydroxyl groups is 1. The topological polar surface area (TPSA) is 61.4 Å². The molecule has 1 amide bonds. The van der Waals surface area contributed by atoms with Crippen LogP contribution in [0, 0.1) is 5.82 Å². The molecule has 1 fully saturated rings. The van der Waals surface area contributed by atoms with Crippen LogP contribution < -0.4 is 10.6 Å². The number of carbonyl (C=O) groups excluding carboxylic acids is 1. The van der Waals surface area contributed by atoms with Gasteiger partial charge in [-0.2, -0.15) is 0 Å². The van der Waals surface area contributed by atoms with E-state index in [0.29, 0.717) is 5.69 Å². The Kier molecular flexibility index (Phi) is 4.15. The van der Waals surface area contributed by atoms with Gasteiger partial charge >= 0.3 is 0 Å². The number of phenols is 1. The lowest BCUT2D eigenvalue weighted by Crippen LogP contribution is -2.39. The molecule has 1 aliphatic heterocycles. The second-order valence-corrected chi connectivity index (χ2v) is 4.51. The van der Waals surface area contributed by atoms with Crippen LogP contribution >= 0.6 is 0 Å². The van der Waals surface area contributed by atoms with Gasteiger partial charge in [-0.15, -0.1) is 0 Å². The number of halogens is 1. The first kappa shape index (κ1) is 12.8. The molecule has 1 aliphatic rings. The fraction of sp³-hybridized carbons (Fsp3) is 0.462. The molecule has 0 saturated carbocycles. The van der Waals surface area contributed by atoms with E-state index < -0.39 is 11.6 Å². The largest absolute Gasteiger partial charge is 0.505 e. The van der Waals surface area contributed by atoms with Crippen molar-refractivity contribution in [2.24, 2.45) is 0 Å². The lowest BCUT2D eigenvalue weighted by molar-refractivity contribution is -0.118. The molecule has 1 unspecified atom stereocenters. The third-order valence-corrected chi connectivity index (χ3v) is 3.09. The van der Waals surface area contributed by atoms with Crippen LogP contribution in [-0.2, 0) is 4.79 Å². The van der Waals surface area contributed by atoms with Crippen LogP contribution in [0.5, 0.6) is 5.75 Å². The summed E-state index contributed by atoms with van der Waals surface area (Å²) in [4.78, 5) is 12.0. The number of carbonyl (C=O) groups is 1. The van der Waals surface area contributed by atoms with Gasteiger partial charge in [0, 0.05) is 11.8 Å². The molecule has 98 valence electrons. The van der Waals surface area contributed by atoms with Gasteiger partial charge in [-0.3, -0.25) is 4.79 Å². The highest BCUT2D eigenvalue weighted by Crippen LogP contribution is 2.20. The Morgan fingerprint density at radius 2 is 2.22 bits per heavy atom. The van der Waals surface area contributed by atoms with Gasteiger partial charge in [0.2, 0.25) is 5.91 Å². The fourth-order valence-electron chi connectivity index (χ4n) is 2.07. The summed E-state index contributed by atoms with van der Waals surface area (Å²) >= 11 is 0. The first-order valence-electron chi connectivity index (χ1n) is 6.19. The highest BCUT2D eigenvalue weighted by atomic mass is 19.1. The summed E-state index contributed by atoms with van der Waals surface area (Å²) in [6.07, 6.45) is 4.03. The third kappa shape index (κ3) is 3.20. The second-order valence-electron chi connectivity index (χ2n) is 4.51. The van der Waals surface area contributed by atoms with E-state index in [1.807, 2.05) is 0 Å². The Labute approximate surface area is 105 Å². The minimum absolute atomic E-state index is 0.151. The van der Waals surface area contributed by atoms with Gasteiger partial charge in [-0.1, -0.05) is 12.8 Å². The van der Waals surface area contributed by atoms with Gasteiger partial charge in [0.15, 0.2) is 11.6 Å². The molecular weight excluding hydrogens is 235 g/mol. The van der Waals surface area contributed by atoms with Crippen molar-refractivity contribution in [2.75, 3.05) is 11.9 Å². The van der Waals surface area contributed by atoms with E-state index >= 15 is 0 Å². The fourth-order valence-corrected chi connectivity index (χ4v) is 2.07. The van der Waals surface area contributed by atoms with Crippen molar-refractivity contribution in [1.82, 2.24) is 5.32 Å². The molecule has 0 aromatic heterocycles. The molecule has 0 radical (unpaired) electrons. The summed E-state index contributed by atoms with van der Waals surface area (Å²) in [6.45, 7) is 0.835. The van der Waals surface area contributed by atoms with Crippen molar-refractivity contribution in [3.63, 3.8) is 0 Å². The number of rotatable bonds is 2. The standard InChI is InChI=1S/C13H17FN2O2/c14-10-8-9(5-6-12(10)17)16-13(18)11-4-2-1-3-7-15-11/h5-6,8,11,15,17H,1-4,7H2,(H,16,18). The van der Waals surface area contributed by atoms with Gasteiger partial charge in [0.05, 0.1) is 6.04 Å². The molecule has 2 rings (SSSR count). The molecule has 18 heavy (non-hydrogen) atoms. The van der Waals surface area contributed by atoms with Crippen molar-refractivity contribution < 1.29 is 14.3 Å². The third-order valence-electron chi connectivity index (χ3n) is 3.09. The van der Waals surface area contributed by atoms with E-state index in [0.717, 1.165) is 38.3 Å². The molecule has 5 heteroatoms. The number of hydrogen-bond acceptors (Lipinski definition) is 3. The Morgan fingerprint density at radius 3 is 3.00 bits per heavy atom. The number of benzene rings is 1. The van der Waals surface area contributed by atoms with Crippen molar-refractivity contribution in [3.8, 4) is 5.75 Å². The minimum Gasteiger partial charge on any atom is -0.505 e. The quantitative estimate of drug-likeness (QED) is 0.705. The van der Waals surface area contributed by atoms with E-state index in [9.17, 15) is 9.18 Å². The zero-order chi connectivity index (χ0) is 13.0. The predicted molar refractivity (Wildman–Crippen MR) is 67.0 cm³/mol. The van der Waals surface area contributed by atoms with Crippen molar-refractivity contribution in [2.45, 2.75) is 31.7 Å². The lowest BCUT2D eigenvalue weighted by Gasteiger charge is -2.15. The molecule has 1 atom stereocenters. The normalized spacial score (nSPS) is 20.2. The van der Waals surface area contributed by atoms with Gasteiger partial charge in [-0.05, 0) is 31.5 Å². The molecular formula is C13H17FN2O2. The Hall–Kier alpha value is -1.62. The van der Waals surface area contributed by atoms with Gasteiger partial charge in [-0.25, -0.2) is 4.39 Å². The highest BCUT2D eigenvalue weighted by molar-refractivity contribution is 5.94. The Balaban J connectivity index is 1.99. The first-order chi connectivity index (χ1) is 8.66. The number of anilines is 1. The van der Waals surface area contributed by atoms with Crippen LogP contribution in [0.15, 0.2) is 18.2 Å². The van der Waals surface area contributed by atoms with Gasteiger partial charge < -0.3 is 15.7 Å². The van der Waals surface area contributed by atoms with Gasteiger partial charge in [0.25, 0.3) is 0 Å². The predicted octanol–water partition coefficient (Wildman–Crippen LogP) is 2.00. The summed E-state index contributed by atoms with van der Waals surface area (Å²) in [5.41, 5.74) is 0.362. The van der Waals surface area contributed by atoms with Crippen LogP contribution in [0.1, 0.15) is 25.7 Å². The van der Waals surface area contributed by atoms with E-state index in [-0.39, 0.29) is 11.9 Å². The molecule has 1 aromatic rings. The summed E-state index contributed by atoms with van der Waals surface area (Å²) in [5, 5.41) is 14.9. The second kappa shape index (κ2) is 5.82. The molecule has 0 spiro atoms. The maximum atomic E-state index is 13.1. The van der Waals surface area contributed by atoms with Crippen molar-refractivity contribution in [1.29, 1.82) is 0 Å². The molecule has 3 N–H and O–H groups in total. The molecule has 1 heterocycles. The molecule has 0 bridgehead atoms. The highest BCUT2D eigenvalue weighted by Gasteiger charge is 2.19. The Morgan fingerprint density at radius 1 is 1.39 bits per heavy atom. The summed E-state index contributed by atoms with van der Waals surface area (Å²) < 4.78 is 13.1. The molecule has 1 aromatic carbocycles. The first-order valence-corrected chi connectivity index (χ1v) is 6.19. The summed E-state index contributed by atoms with van der Waals surface area (Å²) in [6, 6.07) is 3.60. The number of hydrogen-bond donors (Lipinski definition) is 3. The SMILES string of the molecule is O=C(Nc1ccc(O)c(F)c1)C1CCCCCN1. The smallest absolute Gasteiger partial charge is 0.241 e. The van der Waals surface area contributed by atoms with Crippen molar-refractivity contribution >= 4 is 11.6 Å². The summed E-state index contributed by atoms with van der Waals surface area (Å²) in [7, 11) is 0. The minimum atomic E-state index is -0.735. The van der Waals surface area contributed by atoms with Crippen molar-refractivity contribution in [3.05, 3.63) is 24.0 Å². The molecule has 1 saturated heterocycles. The molecule has 0 aliphatic carbocycles. The van der Waals surface area contributed by atoms with E-state index in [2.05, 4.69) is 10.6 Å². The monoisotopic (exact) mass is 252 g/mol. The average molecular weight is 252 g/mol. The zero-order valence-electron chi connectivity index (χ0n) is 10.1. The van der Waals surface area contributed by atoms with Crippen LogP contribution in [0.25, 0.3) is 0 Å². The van der Waals surface area contributed by atoms with Crippen LogP contribution in [0.2, 0.25) is 0 Å². The lowest BCUT2D eigenvalue weighted by atomic mass is 10.1. The number of phenolic OH excluding ortho intramolecular Hbond substituents is 1. The van der Waals surface area contributed by atoms with E-state index in [1.54, 1.807) is 0 Å². The van der Waals surface area contributed by atoms with Crippen LogP contribution in [0.4, 0.5) is 10.1 Å². The Bertz CT molecular complexity index is 429. The average Bonchev–Trinajstić information content (AvgIpc) is 2.62. The van der Waals surface area contributed by atoms with Crippen LogP contribution in [0.3, 0.4) is 0 Å². The number of nitrogens with one attached hydrogen (secondary N) is 2. The van der Waals surface area contributed by atoms with E-state index in [1.165, 1.54) is 12.1 Å².